The Morgan fingerprint density at radius 1 is 0.817 bits per heavy atom. The molecule has 0 bridgehead atoms. The Morgan fingerprint density at radius 3 is 1.83 bits per heavy atom. The van der Waals surface area contributed by atoms with E-state index < -0.39 is 42.4 Å². The maximum Gasteiger partial charge on any atom is 0.309 e. The van der Waals surface area contributed by atoms with E-state index in [9.17, 15) is 9.90 Å². The molecule has 0 radical (unpaired) electrons. The van der Waals surface area contributed by atoms with E-state index >= 15 is 0 Å². The molecule has 1 fully saturated rings. The van der Waals surface area contributed by atoms with Crippen LogP contribution in [0.1, 0.15) is 128 Å². The van der Waals surface area contributed by atoms with Crippen molar-refractivity contribution in [3.05, 3.63) is 72.3 Å². The SMILES string of the molecule is COC(=O)[C@H]1[C@@H]([C@H](C[C@H](C)CO[Si](C)(C)C(C)(C)C)O[Si](c2ccccc2)(c2ccccc2)C(C)(C)C)[C@H](C)[C@@H](O[Si](C)(C)C(C)(C)C)[C@@]1(C)C[C@@H](O)C1=CCCCCC1. The third-order valence-corrected chi connectivity index (χ3v) is 29.5. The molecule has 2 aromatic rings. The molecular formula is C51H86O6Si3. The molecule has 6 nitrogen and oxygen atoms in total. The van der Waals surface area contributed by atoms with Crippen LogP contribution in [-0.2, 0) is 22.8 Å². The van der Waals surface area contributed by atoms with Crippen molar-refractivity contribution in [2.24, 2.45) is 29.1 Å². The molecule has 2 aliphatic carbocycles. The van der Waals surface area contributed by atoms with E-state index in [-0.39, 0.29) is 51.0 Å². The van der Waals surface area contributed by atoms with Crippen LogP contribution >= 0.6 is 0 Å². The number of benzene rings is 2. The summed E-state index contributed by atoms with van der Waals surface area (Å²) in [4.78, 5) is 14.9. The Labute approximate surface area is 370 Å². The molecule has 4 rings (SSSR count). The molecule has 0 unspecified atom stereocenters. The summed E-state index contributed by atoms with van der Waals surface area (Å²) in [7, 11) is -6.05. The minimum absolute atomic E-state index is 0.0602. The van der Waals surface area contributed by atoms with Crippen LogP contribution in [0.25, 0.3) is 0 Å². The van der Waals surface area contributed by atoms with Gasteiger partial charge in [-0.2, -0.15) is 0 Å². The lowest BCUT2D eigenvalue weighted by Gasteiger charge is -2.48. The topological polar surface area (TPSA) is 74.2 Å². The van der Waals surface area contributed by atoms with Gasteiger partial charge in [0, 0.05) is 17.9 Å². The van der Waals surface area contributed by atoms with E-state index in [4.69, 9.17) is 18.0 Å². The number of rotatable bonds is 16. The molecule has 0 spiro atoms. The summed E-state index contributed by atoms with van der Waals surface area (Å²) >= 11 is 0. The number of hydrogen-bond donors (Lipinski definition) is 1. The lowest BCUT2D eigenvalue weighted by atomic mass is 9.70. The molecule has 0 heterocycles. The van der Waals surface area contributed by atoms with Crippen LogP contribution in [0.15, 0.2) is 72.3 Å². The standard InChI is InChI=1S/C51H86O6Si3/c1-37(36-55-58(14,15)48(3,4)5)34-43(56-60(50(9,10)11,40-30-24-20-25-31-40)41-32-26-21-27-33-41)44-38(2)46(57-59(16,17)49(6,7)8)51(12,45(44)47(53)54-13)35-42(52)39-28-22-18-19-23-29-39/h20-21,24-28,30-33,37-38,42-46,52H,18-19,22-23,29,34-36H2,1-17H3/t37-,38-,42+,43-,44+,45+,46+,51-/m0/s1. The summed E-state index contributed by atoms with van der Waals surface area (Å²) in [5.41, 5.74) is 0.365. The first-order valence-electron chi connectivity index (χ1n) is 23.2. The maximum atomic E-state index is 14.9. The fourth-order valence-electron chi connectivity index (χ4n) is 9.93. The number of hydrogen-bond acceptors (Lipinski definition) is 6. The van der Waals surface area contributed by atoms with E-state index in [2.05, 4.69) is 176 Å². The van der Waals surface area contributed by atoms with Crippen molar-refractivity contribution in [3.63, 3.8) is 0 Å². The third kappa shape index (κ3) is 10.9. The quantitative estimate of drug-likeness (QED) is 0.103. The molecule has 0 amide bonds. The van der Waals surface area contributed by atoms with Gasteiger partial charge in [-0.3, -0.25) is 4.79 Å². The molecular weight excluding hydrogens is 793 g/mol. The predicted molar refractivity (Wildman–Crippen MR) is 260 cm³/mol. The van der Waals surface area contributed by atoms with Gasteiger partial charge in [-0.15, -0.1) is 0 Å². The molecule has 1 N–H and O–H groups in total. The Kier molecular flexibility index (Phi) is 16.5. The Hall–Kier alpha value is -1.86. The van der Waals surface area contributed by atoms with Gasteiger partial charge in [-0.25, -0.2) is 0 Å². The largest absolute Gasteiger partial charge is 0.469 e. The summed E-state index contributed by atoms with van der Waals surface area (Å²) in [5.74, 6) is -1.02. The van der Waals surface area contributed by atoms with E-state index in [1.165, 1.54) is 23.9 Å². The summed E-state index contributed by atoms with van der Waals surface area (Å²) in [6.07, 6.45) is 7.33. The first kappa shape index (κ1) is 50.8. The van der Waals surface area contributed by atoms with Crippen molar-refractivity contribution in [2.75, 3.05) is 13.7 Å². The second kappa shape index (κ2) is 19.5. The summed E-state index contributed by atoms with van der Waals surface area (Å²) < 4.78 is 28.8. The monoisotopic (exact) mass is 879 g/mol. The Balaban J connectivity index is 2.02. The molecule has 0 aliphatic heterocycles. The Bertz CT molecular complexity index is 1670. The number of aliphatic hydroxyl groups excluding tert-OH is 1. The average Bonchev–Trinajstić information content (AvgIpc) is 3.33. The van der Waals surface area contributed by atoms with E-state index in [1.807, 2.05) is 0 Å². The highest BCUT2D eigenvalue weighted by molar-refractivity contribution is 6.99. The minimum Gasteiger partial charge on any atom is -0.469 e. The van der Waals surface area contributed by atoms with Gasteiger partial charge in [-0.05, 0) is 108 Å². The highest BCUT2D eigenvalue weighted by Gasteiger charge is 2.65. The number of esters is 1. The highest BCUT2D eigenvalue weighted by Crippen LogP contribution is 2.59. The van der Waals surface area contributed by atoms with Crippen molar-refractivity contribution in [3.8, 4) is 0 Å². The number of aliphatic hydroxyl groups is 1. The first-order valence-corrected chi connectivity index (χ1v) is 30.9. The zero-order chi connectivity index (χ0) is 45.1. The van der Waals surface area contributed by atoms with Crippen molar-refractivity contribution in [1.29, 1.82) is 0 Å². The van der Waals surface area contributed by atoms with Crippen molar-refractivity contribution in [1.82, 2.24) is 0 Å². The van der Waals surface area contributed by atoms with Crippen molar-refractivity contribution >= 4 is 41.3 Å². The van der Waals surface area contributed by atoms with Gasteiger partial charge >= 0.3 is 5.97 Å². The van der Waals surface area contributed by atoms with Crippen LogP contribution < -0.4 is 10.4 Å². The van der Waals surface area contributed by atoms with Crippen LogP contribution in [0.5, 0.6) is 0 Å². The first-order chi connectivity index (χ1) is 27.6. The fraction of sp³-hybridized carbons (Fsp3) is 0.706. The normalized spacial score (nSPS) is 25.3. The molecule has 8 atom stereocenters. The molecule has 338 valence electrons. The number of methoxy groups -OCH3 is 1. The van der Waals surface area contributed by atoms with Gasteiger partial charge in [0.1, 0.15) is 0 Å². The minimum atomic E-state index is -3.12. The van der Waals surface area contributed by atoms with Gasteiger partial charge in [0.2, 0.25) is 0 Å². The molecule has 0 saturated heterocycles. The summed E-state index contributed by atoms with van der Waals surface area (Å²) in [5, 5.41) is 14.5. The molecule has 1 saturated carbocycles. The number of allylic oxidation sites excluding steroid dienone is 1. The summed E-state index contributed by atoms with van der Waals surface area (Å²) in [6.45, 7) is 37.5. The number of carbonyl (C=O) groups is 1. The van der Waals surface area contributed by atoms with Crippen LogP contribution in [0, 0.1) is 29.1 Å². The molecule has 2 aromatic carbocycles. The van der Waals surface area contributed by atoms with Gasteiger partial charge < -0.3 is 23.1 Å². The van der Waals surface area contributed by atoms with Crippen LogP contribution in [0.2, 0.25) is 41.3 Å². The second-order valence-corrected chi connectivity index (χ2v) is 36.9. The molecule has 9 heteroatoms. The maximum absolute atomic E-state index is 14.9. The van der Waals surface area contributed by atoms with Crippen molar-refractivity contribution in [2.45, 2.75) is 188 Å². The second-order valence-electron chi connectivity index (χ2n) is 23.1. The smallest absolute Gasteiger partial charge is 0.309 e. The van der Waals surface area contributed by atoms with Gasteiger partial charge in [0.05, 0.1) is 31.3 Å². The zero-order valence-electron chi connectivity index (χ0n) is 41.0. The predicted octanol–water partition coefficient (Wildman–Crippen LogP) is 12.1. The van der Waals surface area contributed by atoms with Crippen LogP contribution in [0.4, 0.5) is 0 Å². The van der Waals surface area contributed by atoms with Crippen LogP contribution in [-0.4, -0.2) is 68.1 Å². The van der Waals surface area contributed by atoms with Gasteiger partial charge in [0.15, 0.2) is 16.6 Å². The molecule has 0 aromatic heterocycles. The average molecular weight is 880 g/mol. The number of carbonyl (C=O) groups excluding carboxylic acids is 1. The van der Waals surface area contributed by atoms with E-state index in [0.717, 1.165) is 31.3 Å². The van der Waals surface area contributed by atoms with Crippen molar-refractivity contribution < 1.29 is 27.9 Å². The lowest BCUT2D eigenvalue weighted by molar-refractivity contribution is -0.155. The Morgan fingerprint density at radius 2 is 1.35 bits per heavy atom. The summed E-state index contributed by atoms with van der Waals surface area (Å²) in [6, 6.07) is 21.7. The highest BCUT2D eigenvalue weighted by atomic mass is 28.4. The van der Waals surface area contributed by atoms with Crippen LogP contribution in [0.3, 0.4) is 0 Å². The number of ether oxygens (including phenoxy) is 1. The van der Waals surface area contributed by atoms with E-state index in [1.54, 1.807) is 0 Å². The van der Waals surface area contributed by atoms with E-state index in [0.29, 0.717) is 19.4 Å². The third-order valence-electron chi connectivity index (χ3n) is 15.5. The zero-order valence-corrected chi connectivity index (χ0v) is 44.0. The van der Waals surface area contributed by atoms with Gasteiger partial charge in [-0.1, -0.05) is 156 Å². The lowest BCUT2D eigenvalue weighted by Crippen LogP contribution is -2.68. The van der Waals surface area contributed by atoms with Gasteiger partial charge in [0.25, 0.3) is 8.32 Å². The molecule has 60 heavy (non-hydrogen) atoms. The molecule has 2 aliphatic rings. The fourth-order valence-corrected chi connectivity index (χ4v) is 17.3.